The minimum absolute atomic E-state index is 0.0607. The summed E-state index contributed by atoms with van der Waals surface area (Å²) < 4.78 is 14.2. The number of ether oxygens (including phenoxy) is 2. The van der Waals surface area contributed by atoms with E-state index in [1.165, 1.54) is 10.7 Å². The van der Waals surface area contributed by atoms with Crippen molar-refractivity contribution in [3.8, 4) is 29.0 Å². The fourth-order valence-corrected chi connectivity index (χ4v) is 3.47. The molecule has 0 fully saturated rings. The number of carbonyl (C=O) groups is 1. The first kappa shape index (κ1) is 20.1. The van der Waals surface area contributed by atoms with Crippen LogP contribution in [-0.2, 0) is 13.7 Å². The lowest BCUT2D eigenvalue weighted by Gasteiger charge is -2.09. The molecular weight excluding hydrogens is 424 g/mol. The molecule has 11 nitrogen and oxygen atoms in total. The summed E-state index contributed by atoms with van der Waals surface area (Å²) in [5.74, 6) is 0.525. The van der Waals surface area contributed by atoms with Crippen molar-refractivity contribution in [1.82, 2.24) is 34.7 Å². The summed E-state index contributed by atoms with van der Waals surface area (Å²) in [7, 11) is 1.73. The molecule has 11 heteroatoms. The van der Waals surface area contributed by atoms with Crippen LogP contribution < -0.4 is 15.2 Å². The SMILES string of the molecule is Cn1nnnc1-n1c(OCc2cccc(OC(N)=O)n2)nc2c(-c3ccccc3)cccc21. The lowest BCUT2D eigenvalue weighted by molar-refractivity contribution is 0.208. The molecule has 3 aromatic heterocycles. The first-order valence-electron chi connectivity index (χ1n) is 9.96. The van der Waals surface area contributed by atoms with Crippen LogP contribution in [-0.4, -0.2) is 40.8 Å². The molecule has 0 aliphatic carbocycles. The van der Waals surface area contributed by atoms with Crippen molar-refractivity contribution in [2.75, 3.05) is 0 Å². The molecule has 0 radical (unpaired) electrons. The van der Waals surface area contributed by atoms with E-state index in [0.29, 0.717) is 11.6 Å². The highest BCUT2D eigenvalue weighted by Gasteiger charge is 2.20. The number of para-hydroxylation sites is 1. The Morgan fingerprint density at radius 3 is 2.58 bits per heavy atom. The van der Waals surface area contributed by atoms with Crippen LogP contribution in [0.25, 0.3) is 28.1 Å². The van der Waals surface area contributed by atoms with Gasteiger partial charge in [0.1, 0.15) is 12.1 Å². The minimum atomic E-state index is -0.939. The van der Waals surface area contributed by atoms with E-state index in [-0.39, 0.29) is 18.5 Å². The predicted molar refractivity (Wildman–Crippen MR) is 118 cm³/mol. The van der Waals surface area contributed by atoms with Crippen LogP contribution >= 0.6 is 0 Å². The third-order valence-corrected chi connectivity index (χ3v) is 4.87. The van der Waals surface area contributed by atoms with E-state index < -0.39 is 6.09 Å². The normalized spacial score (nSPS) is 10.9. The quantitative estimate of drug-likeness (QED) is 0.424. The first-order chi connectivity index (χ1) is 16.1. The molecule has 5 aromatic rings. The molecule has 0 saturated carbocycles. The molecule has 0 spiro atoms. The number of primary amides is 1. The second-order valence-corrected chi connectivity index (χ2v) is 7.05. The third-order valence-electron chi connectivity index (χ3n) is 4.87. The highest BCUT2D eigenvalue weighted by molar-refractivity contribution is 5.93. The van der Waals surface area contributed by atoms with Crippen molar-refractivity contribution in [2.24, 2.45) is 12.8 Å². The molecule has 0 aliphatic heterocycles. The van der Waals surface area contributed by atoms with Gasteiger partial charge in [0.15, 0.2) is 0 Å². The number of amides is 1. The van der Waals surface area contributed by atoms with Gasteiger partial charge >= 0.3 is 12.1 Å². The van der Waals surface area contributed by atoms with Gasteiger partial charge in [-0.1, -0.05) is 53.6 Å². The summed E-state index contributed by atoms with van der Waals surface area (Å²) in [6.45, 7) is 0.0607. The number of rotatable bonds is 6. The average molecular weight is 442 g/mol. The number of tetrazole rings is 1. The van der Waals surface area contributed by atoms with Gasteiger partial charge in [0.25, 0.3) is 5.95 Å². The Labute approximate surface area is 187 Å². The van der Waals surface area contributed by atoms with Crippen molar-refractivity contribution in [2.45, 2.75) is 6.61 Å². The molecule has 0 atom stereocenters. The maximum atomic E-state index is 11.0. The maximum absolute atomic E-state index is 11.0. The molecule has 1 amide bonds. The minimum Gasteiger partial charge on any atom is -0.458 e. The van der Waals surface area contributed by atoms with Crippen LogP contribution in [0.2, 0.25) is 0 Å². The van der Waals surface area contributed by atoms with Gasteiger partial charge in [0.05, 0.1) is 11.2 Å². The van der Waals surface area contributed by atoms with E-state index >= 15 is 0 Å². The number of carbonyl (C=O) groups excluding carboxylic acids is 1. The number of hydrogen-bond acceptors (Lipinski definition) is 8. The van der Waals surface area contributed by atoms with Crippen LogP contribution in [0.15, 0.2) is 66.7 Å². The maximum Gasteiger partial charge on any atom is 0.411 e. The number of aromatic nitrogens is 7. The number of pyridine rings is 1. The smallest absolute Gasteiger partial charge is 0.411 e. The largest absolute Gasteiger partial charge is 0.458 e. The monoisotopic (exact) mass is 442 g/mol. The first-order valence-corrected chi connectivity index (χ1v) is 9.96. The molecule has 0 bridgehead atoms. The van der Waals surface area contributed by atoms with E-state index in [9.17, 15) is 4.79 Å². The Kier molecular flexibility index (Phi) is 5.11. The number of nitrogens with two attached hydrogens (primary N) is 1. The zero-order chi connectivity index (χ0) is 22.8. The van der Waals surface area contributed by atoms with Crippen molar-refractivity contribution in [3.63, 3.8) is 0 Å². The molecule has 0 aliphatic rings. The second-order valence-electron chi connectivity index (χ2n) is 7.05. The number of fused-ring (bicyclic) bond motifs is 1. The summed E-state index contributed by atoms with van der Waals surface area (Å²) in [5, 5.41) is 11.8. The van der Waals surface area contributed by atoms with Gasteiger partial charge in [0.2, 0.25) is 5.88 Å². The Morgan fingerprint density at radius 2 is 1.82 bits per heavy atom. The number of hydrogen-bond donors (Lipinski definition) is 1. The summed E-state index contributed by atoms with van der Waals surface area (Å²) in [6.07, 6.45) is -0.939. The summed E-state index contributed by atoms with van der Waals surface area (Å²) in [6, 6.07) is 21.1. The van der Waals surface area contributed by atoms with Crippen LogP contribution in [0.5, 0.6) is 11.9 Å². The zero-order valence-corrected chi connectivity index (χ0v) is 17.5. The molecule has 5 rings (SSSR count). The van der Waals surface area contributed by atoms with Crippen LogP contribution in [0, 0.1) is 0 Å². The van der Waals surface area contributed by atoms with E-state index in [0.717, 1.165) is 22.2 Å². The lowest BCUT2D eigenvalue weighted by Crippen LogP contribution is -2.17. The summed E-state index contributed by atoms with van der Waals surface area (Å²) in [5.41, 5.74) is 9.07. The number of imidazole rings is 1. The van der Waals surface area contributed by atoms with Crippen LogP contribution in [0.1, 0.15) is 5.69 Å². The molecule has 164 valence electrons. The van der Waals surface area contributed by atoms with Gasteiger partial charge in [-0.05, 0) is 28.1 Å². The van der Waals surface area contributed by atoms with E-state index in [2.05, 4.69) is 20.5 Å². The molecule has 2 N–H and O–H groups in total. The Balaban J connectivity index is 1.58. The fraction of sp³-hybridized carbons (Fsp3) is 0.0909. The van der Waals surface area contributed by atoms with Crippen molar-refractivity contribution < 1.29 is 14.3 Å². The predicted octanol–water partition coefficient (Wildman–Crippen LogP) is 2.65. The van der Waals surface area contributed by atoms with E-state index in [1.54, 1.807) is 23.7 Å². The standard InChI is InChI=1S/C22H18N8O3/c1-29-21(26-27-28-29)30-17-11-6-10-16(14-7-3-2-4-8-14)19(17)25-22(30)32-13-15-9-5-12-18(24-15)33-20(23)31/h2-12H,13H2,1H3,(H2,23,31). The molecule has 33 heavy (non-hydrogen) atoms. The lowest BCUT2D eigenvalue weighted by atomic mass is 10.0. The van der Waals surface area contributed by atoms with Crippen molar-refractivity contribution in [3.05, 3.63) is 72.4 Å². The molecule has 2 aromatic carbocycles. The summed E-state index contributed by atoms with van der Waals surface area (Å²) >= 11 is 0. The Morgan fingerprint density at radius 1 is 1.00 bits per heavy atom. The third kappa shape index (κ3) is 3.94. The van der Waals surface area contributed by atoms with Crippen molar-refractivity contribution >= 4 is 17.1 Å². The van der Waals surface area contributed by atoms with Gasteiger partial charge in [0, 0.05) is 18.7 Å². The Hall–Kier alpha value is -4.80. The van der Waals surface area contributed by atoms with Gasteiger partial charge in [-0.25, -0.2) is 19.0 Å². The summed E-state index contributed by atoms with van der Waals surface area (Å²) in [4.78, 5) is 20.0. The molecule has 0 saturated heterocycles. The number of aryl methyl sites for hydroxylation is 1. The fourth-order valence-electron chi connectivity index (χ4n) is 3.47. The van der Waals surface area contributed by atoms with Crippen molar-refractivity contribution in [1.29, 1.82) is 0 Å². The van der Waals surface area contributed by atoms with Gasteiger partial charge in [-0.15, -0.1) is 0 Å². The van der Waals surface area contributed by atoms with Gasteiger partial charge in [-0.3, -0.25) is 0 Å². The molecule has 3 heterocycles. The van der Waals surface area contributed by atoms with Gasteiger partial charge in [-0.2, -0.15) is 4.98 Å². The number of benzene rings is 2. The zero-order valence-electron chi connectivity index (χ0n) is 17.5. The van der Waals surface area contributed by atoms with Crippen LogP contribution in [0.4, 0.5) is 4.79 Å². The highest BCUT2D eigenvalue weighted by atomic mass is 16.6. The second kappa shape index (κ2) is 8.38. The van der Waals surface area contributed by atoms with E-state index in [4.69, 9.17) is 20.2 Å². The van der Waals surface area contributed by atoms with Gasteiger partial charge < -0.3 is 15.2 Å². The topological polar surface area (TPSA) is 136 Å². The Bertz CT molecular complexity index is 1440. The highest BCUT2D eigenvalue weighted by Crippen LogP contribution is 2.32. The number of nitrogens with zero attached hydrogens (tertiary/aromatic N) is 7. The van der Waals surface area contributed by atoms with Crippen LogP contribution in [0.3, 0.4) is 0 Å². The molecule has 0 unspecified atom stereocenters. The van der Waals surface area contributed by atoms with E-state index in [1.807, 2.05) is 48.5 Å². The molecular formula is C22H18N8O3. The average Bonchev–Trinajstić information content (AvgIpc) is 3.40.